The summed E-state index contributed by atoms with van der Waals surface area (Å²) in [4.78, 5) is 39.0. The molecule has 3 aromatic carbocycles. The highest BCUT2D eigenvalue weighted by Gasteiger charge is 2.40. The van der Waals surface area contributed by atoms with E-state index < -0.39 is 17.9 Å². The highest BCUT2D eigenvalue weighted by molar-refractivity contribution is 9.10. The van der Waals surface area contributed by atoms with Gasteiger partial charge in [0.2, 0.25) is 0 Å². The van der Waals surface area contributed by atoms with Gasteiger partial charge in [0, 0.05) is 16.5 Å². The molecule has 36 heavy (non-hydrogen) atoms. The Bertz CT molecular complexity index is 1380. The molecule has 0 aromatic heterocycles. The number of ketones is 1. The number of thioether (sulfide) groups is 1. The molecule has 0 spiro atoms. The van der Waals surface area contributed by atoms with Crippen LogP contribution in [0.15, 0.2) is 94.3 Å². The molecule has 1 saturated heterocycles. The number of carbonyl (C=O) groups is 3. The van der Waals surface area contributed by atoms with Gasteiger partial charge < -0.3 is 5.11 Å². The first-order valence-electron chi connectivity index (χ1n) is 10.9. The maximum Gasteiger partial charge on any atom is 0.327 e. The third kappa shape index (κ3) is 6.26. The first-order chi connectivity index (χ1) is 17.3. The Balaban J connectivity index is 1.47. The Morgan fingerprint density at radius 3 is 2.36 bits per heavy atom. The average Bonchev–Trinajstić information content (AvgIpc) is 3.14. The molecule has 1 amide bonds. The number of amides is 1. The second kappa shape index (κ2) is 11.6. The number of thiocarbonyl (C=S) groups is 1. The standard InChI is InChI=1S/C28H20BrNO4S2/c29-22-8-4-7-21(17-22)24(31)14-13-18-9-11-20(12-10-18)16-25-26(32)30(28(35)36-25)23(27(33)34)15-19-5-2-1-3-6-19/h1-14,16-17,23H,15H2,(H,33,34)/b14-13+,25-16-. The topological polar surface area (TPSA) is 74.7 Å². The number of hydrogen-bond donors (Lipinski definition) is 1. The van der Waals surface area contributed by atoms with E-state index in [1.54, 1.807) is 24.3 Å². The van der Waals surface area contributed by atoms with Gasteiger partial charge in [-0.05, 0) is 41.0 Å². The predicted octanol–water partition coefficient (Wildman–Crippen LogP) is 6.24. The Hall–Kier alpha value is -3.33. The SMILES string of the molecule is O=C(/C=C/c1ccc(/C=C2\SC(=S)N(C(Cc3ccccc3)C(=O)O)C2=O)cc1)c1cccc(Br)c1. The third-order valence-electron chi connectivity index (χ3n) is 5.46. The minimum Gasteiger partial charge on any atom is -0.480 e. The summed E-state index contributed by atoms with van der Waals surface area (Å²) in [6.07, 6.45) is 5.10. The molecule has 1 aliphatic heterocycles. The van der Waals surface area contributed by atoms with E-state index in [0.29, 0.717) is 10.5 Å². The minimum atomic E-state index is -1.11. The summed E-state index contributed by atoms with van der Waals surface area (Å²) in [5, 5.41) is 9.80. The summed E-state index contributed by atoms with van der Waals surface area (Å²) in [5.74, 6) is -1.63. The molecular weight excluding hydrogens is 558 g/mol. The van der Waals surface area contributed by atoms with Gasteiger partial charge in [0.15, 0.2) is 5.78 Å². The molecule has 0 aliphatic carbocycles. The fourth-order valence-corrected chi connectivity index (χ4v) is 5.40. The number of carboxylic acids is 1. The largest absolute Gasteiger partial charge is 0.480 e. The molecule has 5 nitrogen and oxygen atoms in total. The number of carboxylic acid groups (broad SMARTS) is 1. The molecule has 0 bridgehead atoms. The maximum absolute atomic E-state index is 13.1. The monoisotopic (exact) mass is 577 g/mol. The molecule has 3 aromatic rings. The molecule has 1 fully saturated rings. The zero-order valence-corrected chi connectivity index (χ0v) is 22.1. The van der Waals surface area contributed by atoms with E-state index >= 15 is 0 Å². The van der Waals surface area contributed by atoms with E-state index in [0.717, 1.165) is 32.9 Å². The Labute approximate surface area is 226 Å². The van der Waals surface area contributed by atoms with Crippen molar-refractivity contribution in [2.24, 2.45) is 0 Å². The van der Waals surface area contributed by atoms with Crippen molar-refractivity contribution in [2.45, 2.75) is 12.5 Å². The fraction of sp³-hybridized carbons (Fsp3) is 0.0714. The molecule has 1 aliphatic rings. The second-order valence-corrected chi connectivity index (χ2v) is 10.6. The molecule has 1 N–H and O–H groups in total. The quantitative estimate of drug-likeness (QED) is 0.194. The Morgan fingerprint density at radius 2 is 1.69 bits per heavy atom. The first kappa shape index (κ1) is 25.8. The fourth-order valence-electron chi connectivity index (χ4n) is 3.64. The van der Waals surface area contributed by atoms with Gasteiger partial charge in [0.25, 0.3) is 5.91 Å². The number of nitrogens with zero attached hydrogens (tertiary/aromatic N) is 1. The van der Waals surface area contributed by atoms with Crippen LogP contribution in [0.3, 0.4) is 0 Å². The van der Waals surface area contributed by atoms with Crippen LogP contribution in [0.2, 0.25) is 0 Å². The van der Waals surface area contributed by atoms with Crippen LogP contribution in [0.4, 0.5) is 0 Å². The van der Waals surface area contributed by atoms with E-state index in [-0.39, 0.29) is 16.5 Å². The van der Waals surface area contributed by atoms with Crippen molar-refractivity contribution in [2.75, 3.05) is 0 Å². The van der Waals surface area contributed by atoms with Crippen LogP contribution in [0, 0.1) is 0 Å². The maximum atomic E-state index is 13.1. The predicted molar refractivity (Wildman–Crippen MR) is 151 cm³/mol. The number of rotatable bonds is 8. The number of hydrogen-bond acceptors (Lipinski definition) is 5. The summed E-state index contributed by atoms with van der Waals surface area (Å²) in [6.45, 7) is 0. The summed E-state index contributed by atoms with van der Waals surface area (Å²) in [7, 11) is 0. The summed E-state index contributed by atoms with van der Waals surface area (Å²) < 4.78 is 1.06. The van der Waals surface area contributed by atoms with E-state index in [2.05, 4.69) is 15.9 Å². The second-order valence-electron chi connectivity index (χ2n) is 7.97. The zero-order valence-electron chi connectivity index (χ0n) is 18.8. The van der Waals surface area contributed by atoms with Crippen LogP contribution in [0.1, 0.15) is 27.0 Å². The number of carbonyl (C=O) groups excluding carboxylic acids is 2. The van der Waals surface area contributed by atoms with Gasteiger partial charge in [-0.15, -0.1) is 0 Å². The number of halogens is 1. The van der Waals surface area contributed by atoms with Crippen LogP contribution in [-0.4, -0.2) is 38.0 Å². The molecule has 1 unspecified atom stereocenters. The van der Waals surface area contributed by atoms with Crippen molar-refractivity contribution in [3.05, 3.63) is 117 Å². The van der Waals surface area contributed by atoms with Gasteiger partial charge in [-0.1, -0.05) is 113 Å². The molecule has 8 heteroatoms. The van der Waals surface area contributed by atoms with Crippen LogP contribution in [0.5, 0.6) is 0 Å². The van der Waals surface area contributed by atoms with Crippen molar-refractivity contribution >= 4 is 74.0 Å². The normalized spacial score (nSPS) is 15.6. The lowest BCUT2D eigenvalue weighted by molar-refractivity contribution is -0.145. The molecular formula is C28H20BrNO4S2. The summed E-state index contributed by atoms with van der Waals surface area (Å²) >= 11 is 9.83. The van der Waals surface area contributed by atoms with Gasteiger partial charge >= 0.3 is 5.97 Å². The molecule has 0 radical (unpaired) electrons. The smallest absolute Gasteiger partial charge is 0.327 e. The zero-order chi connectivity index (χ0) is 25.7. The number of benzene rings is 3. The van der Waals surface area contributed by atoms with Crippen LogP contribution in [-0.2, 0) is 16.0 Å². The van der Waals surface area contributed by atoms with Gasteiger partial charge in [0.05, 0.1) is 4.91 Å². The van der Waals surface area contributed by atoms with Crippen LogP contribution < -0.4 is 0 Å². The van der Waals surface area contributed by atoms with E-state index in [9.17, 15) is 19.5 Å². The first-order valence-corrected chi connectivity index (χ1v) is 13.0. The lowest BCUT2D eigenvalue weighted by Crippen LogP contribution is -2.45. The lowest BCUT2D eigenvalue weighted by Gasteiger charge is -2.23. The number of aliphatic carboxylic acids is 1. The molecule has 1 heterocycles. The highest BCUT2D eigenvalue weighted by Crippen LogP contribution is 2.34. The molecule has 1 atom stereocenters. The van der Waals surface area contributed by atoms with Crippen LogP contribution >= 0.6 is 39.9 Å². The van der Waals surface area contributed by atoms with Gasteiger partial charge in [0.1, 0.15) is 10.4 Å². The minimum absolute atomic E-state index is 0.104. The Kier molecular flexibility index (Phi) is 8.30. The van der Waals surface area contributed by atoms with Crippen molar-refractivity contribution < 1.29 is 19.5 Å². The number of allylic oxidation sites excluding steroid dienone is 1. The van der Waals surface area contributed by atoms with Crippen molar-refractivity contribution in [1.82, 2.24) is 4.90 Å². The van der Waals surface area contributed by atoms with Gasteiger partial charge in [-0.3, -0.25) is 14.5 Å². The van der Waals surface area contributed by atoms with Crippen molar-refractivity contribution in [1.29, 1.82) is 0 Å². The molecule has 180 valence electrons. The van der Waals surface area contributed by atoms with Crippen molar-refractivity contribution in [3.63, 3.8) is 0 Å². The highest BCUT2D eigenvalue weighted by atomic mass is 79.9. The van der Waals surface area contributed by atoms with Crippen molar-refractivity contribution in [3.8, 4) is 0 Å². The van der Waals surface area contributed by atoms with Crippen LogP contribution in [0.25, 0.3) is 12.2 Å². The van der Waals surface area contributed by atoms with Gasteiger partial charge in [-0.2, -0.15) is 0 Å². The summed E-state index contributed by atoms with van der Waals surface area (Å²) in [5.41, 5.74) is 2.99. The Morgan fingerprint density at radius 1 is 1.00 bits per heavy atom. The van der Waals surface area contributed by atoms with E-state index in [1.807, 2.05) is 66.7 Å². The molecule has 0 saturated carbocycles. The van der Waals surface area contributed by atoms with Gasteiger partial charge in [-0.25, -0.2) is 4.79 Å². The molecule has 4 rings (SSSR count). The average molecular weight is 579 g/mol. The third-order valence-corrected chi connectivity index (χ3v) is 7.29. The summed E-state index contributed by atoms with van der Waals surface area (Å²) in [6, 6.07) is 22.6. The van der Waals surface area contributed by atoms with E-state index in [4.69, 9.17) is 12.2 Å². The van der Waals surface area contributed by atoms with E-state index in [1.165, 1.54) is 11.0 Å². The lowest BCUT2D eigenvalue weighted by atomic mass is 10.0.